The molecule has 6 nitrogen and oxygen atoms in total. The molecule has 1 saturated carbocycles. The summed E-state index contributed by atoms with van der Waals surface area (Å²) in [6, 6.07) is 7.78. The number of carbonyl (C=O) groups is 2. The molecule has 0 bridgehead atoms. The molecule has 1 aromatic carbocycles. The fraction of sp³-hybridized carbons (Fsp3) is 0.619. The van der Waals surface area contributed by atoms with Crippen molar-refractivity contribution in [1.29, 1.82) is 0 Å². The summed E-state index contributed by atoms with van der Waals surface area (Å²) in [5.41, 5.74) is 1.09. The van der Waals surface area contributed by atoms with Crippen LogP contribution in [-0.2, 0) is 9.53 Å². The number of para-hydroxylation sites is 1. The Morgan fingerprint density at radius 3 is 2.93 bits per heavy atom. The summed E-state index contributed by atoms with van der Waals surface area (Å²) in [6.45, 7) is 1.79. The van der Waals surface area contributed by atoms with Gasteiger partial charge in [-0.3, -0.25) is 14.5 Å². The average Bonchev–Trinajstić information content (AvgIpc) is 3.18. The van der Waals surface area contributed by atoms with E-state index < -0.39 is 17.6 Å². The molecule has 4 aliphatic rings. The summed E-state index contributed by atoms with van der Waals surface area (Å²) in [6.07, 6.45) is 2.46. The molecule has 5 rings (SSSR count). The van der Waals surface area contributed by atoms with Crippen LogP contribution in [0.3, 0.4) is 0 Å². The molecule has 1 spiro atoms. The average molecular weight is 370 g/mol. The second kappa shape index (κ2) is 6.04. The molecular weight excluding hydrogens is 344 g/mol. The summed E-state index contributed by atoms with van der Waals surface area (Å²) in [5.74, 6) is -0.173. The molecule has 27 heavy (non-hydrogen) atoms. The number of rotatable bonds is 1. The summed E-state index contributed by atoms with van der Waals surface area (Å²) < 4.78 is 5.01. The summed E-state index contributed by atoms with van der Waals surface area (Å²) >= 11 is 0. The van der Waals surface area contributed by atoms with E-state index in [1.807, 2.05) is 24.3 Å². The van der Waals surface area contributed by atoms with E-state index in [2.05, 4.69) is 10.2 Å². The molecule has 6 atom stereocenters. The highest BCUT2D eigenvalue weighted by Crippen LogP contribution is 2.51. The Bertz CT molecular complexity index is 796. The monoisotopic (exact) mass is 370 g/mol. The number of hydrogen-bond acceptors (Lipinski definition) is 6. The lowest BCUT2D eigenvalue weighted by Gasteiger charge is -2.49. The van der Waals surface area contributed by atoms with Crippen LogP contribution in [0.25, 0.3) is 0 Å². The highest BCUT2D eigenvalue weighted by Gasteiger charge is 2.60. The molecule has 3 aliphatic heterocycles. The third kappa shape index (κ3) is 2.32. The van der Waals surface area contributed by atoms with E-state index >= 15 is 0 Å². The summed E-state index contributed by atoms with van der Waals surface area (Å²) in [7, 11) is 1.39. The Hall–Kier alpha value is -1.92. The lowest BCUT2D eigenvalue weighted by Crippen LogP contribution is -2.60. The minimum atomic E-state index is -0.646. The van der Waals surface area contributed by atoms with Crippen LogP contribution in [0, 0.1) is 17.8 Å². The number of Topliss-reactive ketones (excluding diaryl/α,β-unsaturated/α-hetero) is 1. The Labute approximate surface area is 158 Å². The summed E-state index contributed by atoms with van der Waals surface area (Å²) in [5, 5.41) is 14.1. The number of ether oxygens (including phenoxy) is 1. The van der Waals surface area contributed by atoms with E-state index in [9.17, 15) is 14.7 Å². The standard InChI is InChI=1S/C21H26N2O4/c1-27-20(26)18-14-10-17-21(19(25)13-4-2-3-5-15(13)22-21)8-9-23(17)11-12(14)6-7-16(18)24/h2-5,12,14,16-18,22,24H,6-11H2,1H3/t12-,14-,16-,17-,18+,21+/m0/s1. The third-order valence-electron chi connectivity index (χ3n) is 7.49. The second-order valence-corrected chi connectivity index (χ2v) is 8.59. The largest absolute Gasteiger partial charge is 0.469 e. The van der Waals surface area contributed by atoms with E-state index in [4.69, 9.17) is 4.74 Å². The molecule has 0 amide bonds. The second-order valence-electron chi connectivity index (χ2n) is 8.59. The van der Waals surface area contributed by atoms with Crippen molar-refractivity contribution in [3.05, 3.63) is 29.8 Å². The number of nitrogens with one attached hydrogen (secondary N) is 1. The summed E-state index contributed by atoms with van der Waals surface area (Å²) in [4.78, 5) is 28.2. The van der Waals surface area contributed by atoms with Gasteiger partial charge >= 0.3 is 5.97 Å². The van der Waals surface area contributed by atoms with Crippen LogP contribution in [0.1, 0.15) is 36.0 Å². The van der Waals surface area contributed by atoms with Crippen molar-refractivity contribution in [2.24, 2.45) is 17.8 Å². The zero-order chi connectivity index (χ0) is 18.8. The number of benzene rings is 1. The van der Waals surface area contributed by atoms with E-state index in [0.717, 1.165) is 43.6 Å². The number of esters is 1. The number of fused-ring (bicyclic) bond motifs is 4. The molecule has 0 radical (unpaired) electrons. The number of anilines is 1. The predicted molar refractivity (Wildman–Crippen MR) is 99.4 cm³/mol. The van der Waals surface area contributed by atoms with Gasteiger partial charge in [0.15, 0.2) is 5.78 Å². The van der Waals surface area contributed by atoms with Crippen LogP contribution in [0.15, 0.2) is 24.3 Å². The molecule has 144 valence electrons. The Morgan fingerprint density at radius 1 is 1.33 bits per heavy atom. The number of ketones is 1. The molecule has 0 unspecified atom stereocenters. The molecule has 1 aromatic rings. The van der Waals surface area contributed by atoms with Crippen molar-refractivity contribution in [2.45, 2.75) is 43.4 Å². The maximum Gasteiger partial charge on any atom is 0.311 e. The highest BCUT2D eigenvalue weighted by atomic mass is 16.5. The van der Waals surface area contributed by atoms with Gasteiger partial charge in [0.1, 0.15) is 5.54 Å². The van der Waals surface area contributed by atoms with Gasteiger partial charge in [-0.25, -0.2) is 0 Å². The van der Waals surface area contributed by atoms with Gasteiger partial charge in [0.2, 0.25) is 0 Å². The number of methoxy groups -OCH3 is 1. The molecule has 3 fully saturated rings. The van der Waals surface area contributed by atoms with E-state index in [0.29, 0.717) is 12.3 Å². The maximum absolute atomic E-state index is 13.3. The van der Waals surface area contributed by atoms with E-state index in [1.54, 1.807) is 0 Å². The van der Waals surface area contributed by atoms with Gasteiger partial charge in [0.25, 0.3) is 0 Å². The first-order valence-electron chi connectivity index (χ1n) is 9.97. The lowest BCUT2D eigenvalue weighted by molar-refractivity contribution is -0.159. The molecule has 1 aliphatic carbocycles. The van der Waals surface area contributed by atoms with Crippen LogP contribution < -0.4 is 5.32 Å². The van der Waals surface area contributed by atoms with Gasteiger partial charge in [-0.15, -0.1) is 0 Å². The first kappa shape index (κ1) is 17.2. The topological polar surface area (TPSA) is 78.9 Å². The van der Waals surface area contributed by atoms with Gasteiger partial charge in [0.05, 0.1) is 19.1 Å². The fourth-order valence-electron chi connectivity index (χ4n) is 6.21. The maximum atomic E-state index is 13.3. The number of aliphatic hydroxyl groups is 1. The SMILES string of the molecule is COC(=O)[C@@H]1[C@H]2C[C@@H]3N(CC[C@@]34Nc3ccccc3C4=O)C[C@@H]2CC[C@@H]1O. The van der Waals surface area contributed by atoms with Gasteiger partial charge in [-0.05, 0) is 49.7 Å². The van der Waals surface area contributed by atoms with Crippen molar-refractivity contribution in [2.75, 3.05) is 25.5 Å². The number of carbonyl (C=O) groups excluding carboxylic acids is 2. The number of piperidine rings is 1. The lowest BCUT2D eigenvalue weighted by atomic mass is 9.64. The predicted octanol–water partition coefficient (Wildman–Crippen LogP) is 1.69. The normalized spacial score (nSPS) is 40.2. The molecule has 2 saturated heterocycles. The van der Waals surface area contributed by atoms with Gasteiger partial charge in [0, 0.05) is 30.4 Å². The molecule has 0 aromatic heterocycles. The first-order valence-corrected chi connectivity index (χ1v) is 9.97. The van der Waals surface area contributed by atoms with E-state index in [1.165, 1.54) is 7.11 Å². The van der Waals surface area contributed by atoms with Crippen molar-refractivity contribution in [3.8, 4) is 0 Å². The van der Waals surface area contributed by atoms with Crippen LogP contribution in [-0.4, -0.2) is 59.6 Å². The van der Waals surface area contributed by atoms with Crippen molar-refractivity contribution in [1.82, 2.24) is 4.90 Å². The van der Waals surface area contributed by atoms with Crippen molar-refractivity contribution in [3.63, 3.8) is 0 Å². The molecule has 2 N–H and O–H groups in total. The van der Waals surface area contributed by atoms with Gasteiger partial charge < -0.3 is 15.2 Å². The minimum absolute atomic E-state index is 0.0520. The molecule has 6 heteroatoms. The molecular formula is C21H26N2O4. The molecule has 3 heterocycles. The van der Waals surface area contributed by atoms with Crippen molar-refractivity contribution >= 4 is 17.4 Å². The van der Waals surface area contributed by atoms with Gasteiger partial charge in [-0.2, -0.15) is 0 Å². The Morgan fingerprint density at radius 2 is 2.15 bits per heavy atom. The Kier molecular flexibility index (Phi) is 3.85. The van der Waals surface area contributed by atoms with Crippen LogP contribution >= 0.6 is 0 Å². The van der Waals surface area contributed by atoms with Gasteiger partial charge in [-0.1, -0.05) is 12.1 Å². The van der Waals surface area contributed by atoms with E-state index in [-0.39, 0.29) is 23.7 Å². The fourth-order valence-corrected chi connectivity index (χ4v) is 6.21. The van der Waals surface area contributed by atoms with Crippen molar-refractivity contribution < 1.29 is 19.4 Å². The zero-order valence-electron chi connectivity index (χ0n) is 15.6. The van der Waals surface area contributed by atoms with Crippen LogP contribution in [0.4, 0.5) is 5.69 Å². The third-order valence-corrected chi connectivity index (χ3v) is 7.49. The number of nitrogens with zero attached hydrogens (tertiary/aromatic N) is 1. The first-order chi connectivity index (χ1) is 13.0. The van der Waals surface area contributed by atoms with Crippen LogP contribution in [0.2, 0.25) is 0 Å². The quantitative estimate of drug-likeness (QED) is 0.733. The smallest absolute Gasteiger partial charge is 0.311 e. The highest BCUT2D eigenvalue weighted by molar-refractivity contribution is 6.14. The number of aliphatic hydroxyl groups excluding tert-OH is 1. The zero-order valence-corrected chi connectivity index (χ0v) is 15.6. The Balaban J connectivity index is 1.48. The van der Waals surface area contributed by atoms with Crippen LogP contribution in [0.5, 0.6) is 0 Å². The minimum Gasteiger partial charge on any atom is -0.469 e. The number of hydrogen-bond donors (Lipinski definition) is 2.